The van der Waals surface area contributed by atoms with E-state index in [1.165, 1.54) is 96.3 Å². The van der Waals surface area contributed by atoms with E-state index in [-0.39, 0.29) is 31.5 Å². The molecule has 0 fully saturated rings. The Kier molecular flexibility index (Phi) is 58.8. The second-order valence-electron chi connectivity index (χ2n) is 23.6. The molecule has 3 atom stereocenters. The summed E-state index contributed by atoms with van der Waals surface area (Å²) in [6.07, 6.45) is 86.3. The number of carbonyl (C=O) groups excluding carboxylic acids is 2. The summed E-state index contributed by atoms with van der Waals surface area (Å²) in [4.78, 5) is 37.8. The molecule has 0 bridgehead atoms. The highest BCUT2D eigenvalue weighted by Gasteiger charge is 2.30. The average Bonchev–Trinajstić information content (AvgIpc) is 3.51. The lowest BCUT2D eigenvalue weighted by molar-refractivity contribution is -0.870. The molecule has 83 heavy (non-hydrogen) atoms. The van der Waals surface area contributed by atoms with Gasteiger partial charge in [-0.05, 0) is 122 Å². The summed E-state index contributed by atoms with van der Waals surface area (Å²) >= 11 is 0. The van der Waals surface area contributed by atoms with Crippen molar-refractivity contribution in [3.8, 4) is 0 Å². The Labute approximate surface area is 512 Å². The Bertz CT molecular complexity index is 1830. The number of unbranched alkanes of at least 4 members (excludes halogenated alkanes) is 26. The second-order valence-corrected chi connectivity index (χ2v) is 25.1. The van der Waals surface area contributed by atoms with E-state index in [1.807, 2.05) is 33.3 Å². The van der Waals surface area contributed by atoms with Crippen LogP contribution in [-0.4, -0.2) is 74.3 Å². The van der Waals surface area contributed by atoms with E-state index in [9.17, 15) is 19.0 Å². The minimum atomic E-state index is -4.47. The van der Waals surface area contributed by atoms with Gasteiger partial charge in [0.15, 0.2) is 0 Å². The van der Waals surface area contributed by atoms with Gasteiger partial charge in [-0.2, -0.15) is 0 Å². The molecule has 0 aromatic heterocycles. The van der Waals surface area contributed by atoms with Gasteiger partial charge in [0.1, 0.15) is 19.3 Å². The zero-order chi connectivity index (χ0) is 60.7. The summed E-state index contributed by atoms with van der Waals surface area (Å²) < 4.78 is 30.7. The summed E-state index contributed by atoms with van der Waals surface area (Å²) in [5.74, 6) is -0.535. The number of esters is 1. The number of hydrogen-bond donors (Lipinski definition) is 2. The first-order valence-electron chi connectivity index (χ1n) is 33.9. The van der Waals surface area contributed by atoms with Crippen molar-refractivity contribution in [2.24, 2.45) is 0 Å². The number of nitrogens with zero attached hydrogens (tertiary/aromatic N) is 1. The van der Waals surface area contributed by atoms with Crippen LogP contribution in [0.15, 0.2) is 122 Å². The highest BCUT2D eigenvalue weighted by atomic mass is 31.2. The van der Waals surface area contributed by atoms with Crippen LogP contribution in [0.3, 0.4) is 0 Å². The molecule has 0 rings (SSSR count). The van der Waals surface area contributed by atoms with Crippen LogP contribution in [0.2, 0.25) is 0 Å². The topological polar surface area (TPSA) is 111 Å². The van der Waals surface area contributed by atoms with Crippen molar-refractivity contribution in [2.45, 2.75) is 290 Å². The molecule has 2 N–H and O–H groups in total. The number of amides is 1. The molecule has 9 nitrogen and oxygen atoms in total. The number of likely N-dealkylation sites (N-methyl/N-ethyl adjacent to an activating group) is 1. The van der Waals surface area contributed by atoms with Crippen molar-refractivity contribution in [2.75, 3.05) is 40.9 Å². The van der Waals surface area contributed by atoms with Crippen molar-refractivity contribution in [3.63, 3.8) is 0 Å². The number of allylic oxidation sites excluding steroid dienone is 19. The maximum absolute atomic E-state index is 13.6. The molecule has 3 unspecified atom stereocenters. The first-order valence-corrected chi connectivity index (χ1v) is 35.4. The molecule has 0 aromatic rings. The number of ether oxygens (including phenoxy) is 1. The Morgan fingerprint density at radius 2 is 0.771 bits per heavy atom. The highest BCUT2D eigenvalue weighted by molar-refractivity contribution is 7.47. The van der Waals surface area contributed by atoms with Crippen LogP contribution in [0, 0.1) is 0 Å². The summed E-state index contributed by atoms with van der Waals surface area (Å²) in [6, 6.07) is -0.868. The summed E-state index contributed by atoms with van der Waals surface area (Å²) in [5.41, 5.74) is 0. The van der Waals surface area contributed by atoms with Crippen LogP contribution in [0.25, 0.3) is 0 Å². The number of carbonyl (C=O) groups is 2. The van der Waals surface area contributed by atoms with E-state index in [0.29, 0.717) is 17.4 Å². The Morgan fingerprint density at radius 1 is 0.434 bits per heavy atom. The van der Waals surface area contributed by atoms with Gasteiger partial charge in [-0.25, -0.2) is 4.57 Å². The van der Waals surface area contributed by atoms with Crippen LogP contribution in [0.5, 0.6) is 0 Å². The predicted octanol–water partition coefficient (Wildman–Crippen LogP) is 21.4. The number of hydrogen-bond acceptors (Lipinski definition) is 6. The predicted molar refractivity (Wildman–Crippen MR) is 360 cm³/mol. The number of nitrogens with one attached hydrogen (secondary N) is 1. The normalized spacial score (nSPS) is 14.3. The van der Waals surface area contributed by atoms with Gasteiger partial charge in [-0.1, -0.05) is 265 Å². The van der Waals surface area contributed by atoms with Crippen molar-refractivity contribution in [1.29, 1.82) is 0 Å². The van der Waals surface area contributed by atoms with Gasteiger partial charge in [-0.3, -0.25) is 18.6 Å². The lowest BCUT2D eigenvalue weighted by Gasteiger charge is -2.27. The molecule has 0 heterocycles. The lowest BCUT2D eigenvalue weighted by Crippen LogP contribution is -2.47. The SMILES string of the molecule is CC/C=C\C/C=C\C/C=C\C/C=C\C/C=C\C/C=C\CCCCCCCCC(=O)NC(COP(=O)(O)OCC[N+](C)(C)C)C(/C=C\CCCCCCCCCCC)OC(=O)CCCCCCCCCC/C=C\C/C=C\C/C=C\CCCCC. The zero-order valence-electron chi connectivity index (χ0n) is 54.4. The van der Waals surface area contributed by atoms with Crippen molar-refractivity contribution >= 4 is 19.7 Å². The quantitative estimate of drug-likeness (QED) is 0.0205. The maximum Gasteiger partial charge on any atom is 0.472 e. The molecule has 10 heteroatoms. The fourth-order valence-corrected chi connectivity index (χ4v) is 9.92. The van der Waals surface area contributed by atoms with Crippen LogP contribution in [-0.2, 0) is 27.9 Å². The van der Waals surface area contributed by atoms with Crippen LogP contribution >= 0.6 is 7.82 Å². The Balaban J connectivity index is 5.16. The molecule has 0 saturated heterocycles. The van der Waals surface area contributed by atoms with E-state index in [4.69, 9.17) is 13.8 Å². The summed E-state index contributed by atoms with van der Waals surface area (Å²) in [7, 11) is 1.47. The Morgan fingerprint density at radius 3 is 1.18 bits per heavy atom. The highest BCUT2D eigenvalue weighted by Crippen LogP contribution is 2.43. The average molecular weight is 1180 g/mol. The van der Waals surface area contributed by atoms with Crippen LogP contribution < -0.4 is 5.32 Å². The molecule has 0 aliphatic carbocycles. The van der Waals surface area contributed by atoms with Gasteiger partial charge in [0.25, 0.3) is 0 Å². The van der Waals surface area contributed by atoms with Gasteiger partial charge in [-0.15, -0.1) is 0 Å². The molecular weight excluding hydrogens is 1050 g/mol. The van der Waals surface area contributed by atoms with E-state index in [2.05, 4.69) is 135 Å². The molecule has 0 radical (unpaired) electrons. The van der Waals surface area contributed by atoms with E-state index >= 15 is 0 Å². The minimum absolute atomic E-state index is 0.0295. The van der Waals surface area contributed by atoms with Gasteiger partial charge in [0, 0.05) is 12.8 Å². The van der Waals surface area contributed by atoms with Crippen molar-refractivity contribution in [1.82, 2.24) is 5.32 Å². The standard InChI is InChI=1S/C73H127N2O7P/c1-7-10-13-16-19-22-25-27-29-31-33-35-36-37-38-40-41-43-45-47-50-53-56-59-62-65-72(76)74-70(69-81-83(78,79)80-68-67-75(4,5)6)71(64-61-58-55-52-49-24-21-18-15-12-9-3)82-73(77)66-63-60-57-54-51-48-46-44-42-39-34-32-30-28-26-23-20-17-14-11-8-2/h10,13,19-20,22-23,27-30,33-35,37-39,41,43,61,64,70-71H,7-9,11-12,14-18,21,24-26,31-32,36,40,42,44-60,62-63,65-69H2,1-6H3,(H-,74,76,78,79)/p+1/b13-10-,22-19-,23-20-,29-27-,30-28-,35-33-,38-37-,39-34-,43-41-,64-61-. The van der Waals surface area contributed by atoms with Gasteiger partial charge in [0.05, 0.1) is 33.8 Å². The lowest BCUT2D eigenvalue weighted by atomic mass is 10.1. The fraction of sp³-hybridized carbons (Fsp3) is 0.699. The van der Waals surface area contributed by atoms with Crippen molar-refractivity contribution in [3.05, 3.63) is 122 Å². The minimum Gasteiger partial charge on any atom is -0.456 e. The summed E-state index contributed by atoms with van der Waals surface area (Å²) in [5, 5.41) is 3.05. The third-order valence-corrected chi connectivity index (χ3v) is 15.4. The molecule has 0 spiro atoms. The first kappa shape index (κ1) is 79.4. The molecule has 0 aliphatic rings. The third kappa shape index (κ3) is 62.8. The van der Waals surface area contributed by atoms with Crippen LogP contribution in [0.4, 0.5) is 0 Å². The first-order chi connectivity index (χ1) is 40.4. The second kappa shape index (κ2) is 61.5. The van der Waals surface area contributed by atoms with E-state index in [0.717, 1.165) is 148 Å². The van der Waals surface area contributed by atoms with Crippen molar-refractivity contribution < 1.29 is 37.3 Å². The summed E-state index contributed by atoms with van der Waals surface area (Å²) in [6.45, 7) is 6.85. The number of phosphoric acid groups is 1. The molecule has 0 aliphatic heterocycles. The molecule has 0 aromatic carbocycles. The maximum atomic E-state index is 13.6. The number of rotatable bonds is 60. The molecule has 0 saturated carbocycles. The molecular formula is C73H128N2O7P+. The Hall–Kier alpha value is -3.59. The molecule has 1 amide bonds. The largest absolute Gasteiger partial charge is 0.472 e. The van der Waals surface area contributed by atoms with E-state index < -0.39 is 20.0 Å². The zero-order valence-corrected chi connectivity index (χ0v) is 55.3. The van der Waals surface area contributed by atoms with E-state index in [1.54, 1.807) is 0 Å². The van der Waals surface area contributed by atoms with Gasteiger partial charge >= 0.3 is 13.8 Å². The van der Waals surface area contributed by atoms with Crippen LogP contribution in [0.1, 0.15) is 278 Å². The molecule has 476 valence electrons. The van der Waals surface area contributed by atoms with Gasteiger partial charge < -0.3 is 19.4 Å². The number of phosphoric ester groups is 1. The third-order valence-electron chi connectivity index (χ3n) is 14.4. The smallest absolute Gasteiger partial charge is 0.456 e. The number of quaternary nitrogens is 1. The van der Waals surface area contributed by atoms with Gasteiger partial charge in [0.2, 0.25) is 5.91 Å². The fourth-order valence-electron chi connectivity index (χ4n) is 9.19. The monoisotopic (exact) mass is 1180 g/mol.